The summed E-state index contributed by atoms with van der Waals surface area (Å²) in [4.78, 5) is 22.3. The van der Waals surface area contributed by atoms with Crippen molar-refractivity contribution in [2.75, 3.05) is 6.61 Å². The number of hydrogen-bond donors (Lipinski definition) is 0. The van der Waals surface area contributed by atoms with Crippen LogP contribution in [0.25, 0.3) is 27.6 Å². The van der Waals surface area contributed by atoms with Crippen molar-refractivity contribution in [2.45, 2.75) is 43.5 Å². The summed E-state index contributed by atoms with van der Waals surface area (Å²) >= 11 is 1.48. The molecular formula is C22H23N3O2S. The third-order valence-corrected chi connectivity index (χ3v) is 5.93. The molecule has 1 atom stereocenters. The molecule has 144 valence electrons. The molecule has 5 nitrogen and oxygen atoms in total. The van der Waals surface area contributed by atoms with E-state index in [2.05, 4.69) is 11.3 Å². The van der Waals surface area contributed by atoms with Crippen LogP contribution in [0.5, 0.6) is 0 Å². The smallest absolute Gasteiger partial charge is 0.319 e. The van der Waals surface area contributed by atoms with E-state index in [1.165, 1.54) is 11.8 Å². The molecule has 0 aliphatic heterocycles. The van der Waals surface area contributed by atoms with Gasteiger partial charge in [-0.1, -0.05) is 55.8 Å². The number of rotatable bonds is 7. The fraction of sp³-hybridized carbons (Fsp3) is 0.318. The lowest BCUT2D eigenvalue weighted by molar-refractivity contribution is -0.142. The number of carbonyl (C=O) groups excluding carboxylic acids is 1. The monoisotopic (exact) mass is 393 g/mol. The van der Waals surface area contributed by atoms with Gasteiger partial charge in [0.1, 0.15) is 10.9 Å². The summed E-state index contributed by atoms with van der Waals surface area (Å²) in [7, 11) is 0. The topological polar surface area (TPSA) is 56.5 Å². The standard InChI is InChI=1S/C22H23N3O2S/c1-3-5-14-19(21(26)27-4-2)28-22-24-16-11-7-6-10-15(16)20-23-17-12-8-9-13-18(17)25(20)22/h6-13,19H,3-5,14H2,1-2H3/t19-/m1/s1. The molecule has 4 rings (SSSR count). The van der Waals surface area contributed by atoms with Crippen molar-refractivity contribution in [1.82, 2.24) is 14.4 Å². The summed E-state index contributed by atoms with van der Waals surface area (Å²) in [6.45, 7) is 4.36. The normalized spacial score (nSPS) is 12.6. The van der Waals surface area contributed by atoms with Crippen molar-refractivity contribution in [1.29, 1.82) is 0 Å². The Bertz CT molecular complexity index is 1140. The molecule has 2 aromatic heterocycles. The van der Waals surface area contributed by atoms with E-state index in [9.17, 15) is 4.79 Å². The minimum Gasteiger partial charge on any atom is -0.465 e. The third-order valence-electron chi connectivity index (χ3n) is 4.73. The average Bonchev–Trinajstić information content (AvgIpc) is 3.11. The molecule has 0 aliphatic carbocycles. The fourth-order valence-electron chi connectivity index (χ4n) is 3.37. The summed E-state index contributed by atoms with van der Waals surface area (Å²) in [5, 5.41) is 1.50. The van der Waals surface area contributed by atoms with Crippen LogP contribution in [0, 0.1) is 0 Å². The number of unbranched alkanes of at least 4 members (excludes halogenated alkanes) is 1. The first-order chi connectivity index (χ1) is 13.7. The number of hydrogen-bond acceptors (Lipinski definition) is 5. The number of aromatic nitrogens is 3. The van der Waals surface area contributed by atoms with Crippen molar-refractivity contribution >= 4 is 45.3 Å². The lowest BCUT2D eigenvalue weighted by Crippen LogP contribution is -2.21. The SMILES string of the molecule is CCCC[C@@H](Sc1nc2ccccc2c2nc3ccccc3n12)C(=O)OCC. The van der Waals surface area contributed by atoms with E-state index in [-0.39, 0.29) is 11.2 Å². The Labute approximate surface area is 168 Å². The van der Waals surface area contributed by atoms with Gasteiger partial charge in [0.2, 0.25) is 0 Å². The summed E-state index contributed by atoms with van der Waals surface area (Å²) in [6.07, 6.45) is 2.77. The summed E-state index contributed by atoms with van der Waals surface area (Å²) in [5.41, 5.74) is 3.67. The maximum Gasteiger partial charge on any atom is 0.319 e. The number of esters is 1. The number of imidazole rings is 1. The van der Waals surface area contributed by atoms with E-state index in [1.807, 2.05) is 55.5 Å². The Morgan fingerprint density at radius 1 is 1.07 bits per heavy atom. The molecule has 0 spiro atoms. The zero-order valence-corrected chi connectivity index (χ0v) is 16.9. The van der Waals surface area contributed by atoms with Crippen LogP contribution in [0.4, 0.5) is 0 Å². The predicted octanol–water partition coefficient (Wildman–Crippen LogP) is 5.25. The van der Waals surface area contributed by atoms with Gasteiger partial charge in [-0.25, -0.2) is 9.97 Å². The highest BCUT2D eigenvalue weighted by atomic mass is 32.2. The summed E-state index contributed by atoms with van der Waals surface area (Å²) < 4.78 is 7.40. The van der Waals surface area contributed by atoms with Gasteiger partial charge in [0.15, 0.2) is 5.16 Å². The maximum atomic E-state index is 12.6. The number of fused-ring (bicyclic) bond motifs is 5. The molecule has 0 unspecified atom stereocenters. The molecular weight excluding hydrogens is 370 g/mol. The van der Waals surface area contributed by atoms with Crippen LogP contribution < -0.4 is 0 Å². The zero-order valence-electron chi connectivity index (χ0n) is 16.1. The number of para-hydroxylation sites is 3. The van der Waals surface area contributed by atoms with E-state index in [4.69, 9.17) is 14.7 Å². The largest absolute Gasteiger partial charge is 0.465 e. The van der Waals surface area contributed by atoms with Gasteiger partial charge in [0.05, 0.1) is 23.2 Å². The second kappa shape index (κ2) is 8.19. The van der Waals surface area contributed by atoms with Crippen LogP contribution in [0.1, 0.15) is 33.1 Å². The Hall–Kier alpha value is -2.60. The summed E-state index contributed by atoms with van der Waals surface area (Å²) in [6, 6.07) is 16.0. The van der Waals surface area contributed by atoms with Crippen LogP contribution in [-0.4, -0.2) is 32.2 Å². The Morgan fingerprint density at radius 3 is 2.61 bits per heavy atom. The van der Waals surface area contributed by atoms with Gasteiger partial charge >= 0.3 is 5.97 Å². The van der Waals surface area contributed by atoms with Gasteiger partial charge in [-0.15, -0.1) is 0 Å². The second-order valence-corrected chi connectivity index (χ2v) is 7.84. The van der Waals surface area contributed by atoms with Gasteiger partial charge in [0.25, 0.3) is 0 Å². The number of benzene rings is 2. The van der Waals surface area contributed by atoms with E-state index in [1.54, 1.807) is 0 Å². The van der Waals surface area contributed by atoms with Gasteiger partial charge in [-0.05, 0) is 37.6 Å². The van der Waals surface area contributed by atoms with E-state index in [0.29, 0.717) is 6.61 Å². The lowest BCUT2D eigenvalue weighted by Gasteiger charge is -2.16. The molecule has 0 saturated carbocycles. The Balaban J connectivity index is 1.89. The molecule has 0 radical (unpaired) electrons. The van der Waals surface area contributed by atoms with E-state index in [0.717, 1.165) is 52.0 Å². The molecule has 0 saturated heterocycles. The minimum absolute atomic E-state index is 0.173. The van der Waals surface area contributed by atoms with Crippen molar-refractivity contribution in [2.24, 2.45) is 0 Å². The van der Waals surface area contributed by atoms with Crippen LogP contribution in [0.2, 0.25) is 0 Å². The highest BCUT2D eigenvalue weighted by molar-refractivity contribution is 8.00. The van der Waals surface area contributed by atoms with Crippen LogP contribution >= 0.6 is 11.8 Å². The Morgan fingerprint density at radius 2 is 1.82 bits per heavy atom. The van der Waals surface area contributed by atoms with E-state index < -0.39 is 0 Å². The average molecular weight is 394 g/mol. The molecule has 28 heavy (non-hydrogen) atoms. The highest BCUT2D eigenvalue weighted by Gasteiger charge is 2.24. The summed E-state index contributed by atoms with van der Waals surface area (Å²) in [5.74, 6) is -0.173. The third kappa shape index (κ3) is 3.44. The number of carbonyl (C=O) groups is 1. The molecule has 0 bridgehead atoms. The van der Waals surface area contributed by atoms with Gasteiger partial charge in [-0.3, -0.25) is 9.20 Å². The lowest BCUT2D eigenvalue weighted by atomic mass is 10.2. The first-order valence-corrected chi connectivity index (χ1v) is 10.6. The molecule has 0 amide bonds. The molecule has 4 aromatic rings. The highest BCUT2D eigenvalue weighted by Crippen LogP contribution is 2.32. The van der Waals surface area contributed by atoms with Crippen molar-refractivity contribution in [3.63, 3.8) is 0 Å². The van der Waals surface area contributed by atoms with Crippen molar-refractivity contribution in [3.05, 3.63) is 48.5 Å². The number of thioether (sulfide) groups is 1. The first-order valence-electron chi connectivity index (χ1n) is 9.72. The molecule has 2 aromatic carbocycles. The molecule has 0 N–H and O–H groups in total. The molecule has 0 fully saturated rings. The quantitative estimate of drug-likeness (QED) is 0.244. The molecule has 0 aliphatic rings. The first kappa shape index (κ1) is 18.7. The second-order valence-electron chi connectivity index (χ2n) is 6.67. The van der Waals surface area contributed by atoms with E-state index >= 15 is 0 Å². The number of ether oxygens (including phenoxy) is 1. The van der Waals surface area contributed by atoms with Crippen LogP contribution in [0.3, 0.4) is 0 Å². The molecule has 2 heterocycles. The van der Waals surface area contributed by atoms with Gasteiger partial charge in [0, 0.05) is 5.39 Å². The van der Waals surface area contributed by atoms with Crippen molar-refractivity contribution < 1.29 is 9.53 Å². The predicted molar refractivity (Wildman–Crippen MR) is 114 cm³/mol. The Kier molecular flexibility index (Phi) is 5.48. The van der Waals surface area contributed by atoms with Gasteiger partial charge < -0.3 is 4.74 Å². The van der Waals surface area contributed by atoms with Gasteiger partial charge in [-0.2, -0.15) is 0 Å². The van der Waals surface area contributed by atoms with Crippen LogP contribution in [-0.2, 0) is 9.53 Å². The maximum absolute atomic E-state index is 12.6. The number of nitrogens with zero attached hydrogens (tertiary/aromatic N) is 3. The minimum atomic E-state index is -0.280. The molecule has 6 heteroatoms. The van der Waals surface area contributed by atoms with Crippen molar-refractivity contribution in [3.8, 4) is 0 Å². The fourth-order valence-corrected chi connectivity index (χ4v) is 4.51. The van der Waals surface area contributed by atoms with Crippen LogP contribution in [0.15, 0.2) is 53.7 Å². The zero-order chi connectivity index (χ0) is 19.5.